The van der Waals surface area contributed by atoms with Gasteiger partial charge in [-0.2, -0.15) is 0 Å². The zero-order valence-electron chi connectivity index (χ0n) is 8.45. The van der Waals surface area contributed by atoms with Crippen LogP contribution in [-0.4, -0.2) is 16.5 Å². The molecule has 0 radical (unpaired) electrons. The van der Waals surface area contributed by atoms with Gasteiger partial charge in [0.25, 0.3) is 0 Å². The lowest BCUT2D eigenvalue weighted by Gasteiger charge is -2.11. The number of hydrogen-bond acceptors (Lipinski definition) is 4. The molecule has 1 aromatic heterocycles. The Labute approximate surface area is 83.7 Å². The van der Waals surface area contributed by atoms with Crippen LogP contribution in [-0.2, 0) is 6.42 Å². The summed E-state index contributed by atoms with van der Waals surface area (Å²) < 4.78 is 0. The first-order chi connectivity index (χ1) is 6.72. The quantitative estimate of drug-likeness (QED) is 0.724. The van der Waals surface area contributed by atoms with Crippen LogP contribution in [0.2, 0.25) is 0 Å². The molecule has 4 nitrogen and oxygen atoms in total. The zero-order valence-corrected chi connectivity index (χ0v) is 8.45. The maximum atomic E-state index is 5.60. The number of aryl methyl sites for hydroxylation is 2. The van der Waals surface area contributed by atoms with E-state index in [9.17, 15) is 0 Å². The molecule has 76 valence electrons. The Bertz CT molecular complexity index is 348. The van der Waals surface area contributed by atoms with E-state index >= 15 is 0 Å². The summed E-state index contributed by atoms with van der Waals surface area (Å²) in [5.74, 6) is 0.949. The van der Waals surface area contributed by atoms with E-state index in [1.165, 1.54) is 5.56 Å². The van der Waals surface area contributed by atoms with Crippen LogP contribution in [0.1, 0.15) is 35.7 Å². The van der Waals surface area contributed by atoms with Crippen molar-refractivity contribution in [3.8, 4) is 0 Å². The fraction of sp³-hybridized carbons (Fsp3) is 0.600. The highest BCUT2D eigenvalue weighted by molar-refractivity contribution is 5.37. The van der Waals surface area contributed by atoms with E-state index in [1.807, 2.05) is 6.92 Å². The minimum atomic E-state index is 0.398. The smallest absolute Gasteiger partial charge is 0.220 e. The topological polar surface area (TPSA) is 77.8 Å². The number of nitrogens with two attached hydrogens (primary N) is 2. The number of nitrogens with zero attached hydrogens (tertiary/aromatic N) is 2. The van der Waals surface area contributed by atoms with Gasteiger partial charge in [0, 0.05) is 11.4 Å². The van der Waals surface area contributed by atoms with E-state index < -0.39 is 0 Å². The standard InChI is InChI=1S/C10H16N4/c1-6-9-7(4-5-11)2-3-8(9)14-10(12)13-6/h7H,2-5,11H2,1H3,(H2,12,13,14). The van der Waals surface area contributed by atoms with Crippen molar-refractivity contribution in [2.75, 3.05) is 12.3 Å². The molecule has 0 aliphatic heterocycles. The van der Waals surface area contributed by atoms with Crippen LogP contribution < -0.4 is 11.5 Å². The monoisotopic (exact) mass is 192 g/mol. The van der Waals surface area contributed by atoms with E-state index in [1.54, 1.807) is 0 Å². The van der Waals surface area contributed by atoms with Gasteiger partial charge in [0.2, 0.25) is 5.95 Å². The van der Waals surface area contributed by atoms with Crippen LogP contribution in [0.5, 0.6) is 0 Å². The van der Waals surface area contributed by atoms with E-state index in [0.717, 1.165) is 37.2 Å². The molecule has 2 rings (SSSR count). The first kappa shape index (κ1) is 9.40. The van der Waals surface area contributed by atoms with Crippen molar-refractivity contribution in [2.24, 2.45) is 5.73 Å². The Morgan fingerprint density at radius 2 is 2.21 bits per heavy atom. The Morgan fingerprint density at radius 3 is 2.93 bits per heavy atom. The van der Waals surface area contributed by atoms with Gasteiger partial charge in [-0.05, 0) is 44.2 Å². The van der Waals surface area contributed by atoms with E-state index in [4.69, 9.17) is 11.5 Å². The van der Waals surface area contributed by atoms with Crippen molar-refractivity contribution in [3.05, 3.63) is 17.0 Å². The number of hydrogen-bond donors (Lipinski definition) is 2. The Kier molecular flexibility index (Phi) is 2.37. The van der Waals surface area contributed by atoms with Gasteiger partial charge in [-0.25, -0.2) is 9.97 Å². The zero-order chi connectivity index (χ0) is 10.1. The molecule has 1 aliphatic rings. The van der Waals surface area contributed by atoms with Crippen molar-refractivity contribution < 1.29 is 0 Å². The summed E-state index contributed by atoms with van der Waals surface area (Å²) in [7, 11) is 0. The summed E-state index contributed by atoms with van der Waals surface area (Å²) in [6, 6.07) is 0. The Balaban J connectivity index is 2.39. The van der Waals surface area contributed by atoms with Crippen molar-refractivity contribution >= 4 is 5.95 Å². The molecular weight excluding hydrogens is 176 g/mol. The summed E-state index contributed by atoms with van der Waals surface area (Å²) in [5, 5.41) is 0. The molecule has 0 saturated heterocycles. The SMILES string of the molecule is Cc1nc(N)nc2c1C(CCN)CC2. The van der Waals surface area contributed by atoms with Crippen molar-refractivity contribution in [2.45, 2.75) is 32.1 Å². The van der Waals surface area contributed by atoms with Crippen molar-refractivity contribution in [3.63, 3.8) is 0 Å². The Morgan fingerprint density at radius 1 is 1.43 bits per heavy atom. The molecule has 0 aromatic carbocycles. The average molecular weight is 192 g/mol. The summed E-state index contributed by atoms with van der Waals surface area (Å²) >= 11 is 0. The van der Waals surface area contributed by atoms with Gasteiger partial charge in [0.1, 0.15) is 0 Å². The summed E-state index contributed by atoms with van der Waals surface area (Å²) in [6.07, 6.45) is 3.19. The summed E-state index contributed by atoms with van der Waals surface area (Å²) in [4.78, 5) is 8.48. The summed E-state index contributed by atoms with van der Waals surface area (Å²) in [6.45, 7) is 2.74. The van der Waals surface area contributed by atoms with Crippen LogP contribution in [0.4, 0.5) is 5.95 Å². The van der Waals surface area contributed by atoms with Gasteiger partial charge in [0.15, 0.2) is 0 Å². The maximum Gasteiger partial charge on any atom is 0.220 e. The Hall–Kier alpha value is -1.16. The molecule has 0 saturated carbocycles. The minimum Gasteiger partial charge on any atom is -0.368 e. The molecule has 0 bridgehead atoms. The molecule has 0 amide bonds. The molecule has 1 aliphatic carbocycles. The third-order valence-corrected chi connectivity index (χ3v) is 2.89. The van der Waals surface area contributed by atoms with Gasteiger partial charge < -0.3 is 11.5 Å². The largest absolute Gasteiger partial charge is 0.368 e. The normalized spacial score (nSPS) is 19.7. The molecule has 4 N–H and O–H groups in total. The number of aromatic nitrogens is 2. The second kappa shape index (κ2) is 3.53. The highest BCUT2D eigenvalue weighted by Crippen LogP contribution is 2.35. The van der Waals surface area contributed by atoms with Crippen molar-refractivity contribution in [1.82, 2.24) is 9.97 Å². The number of rotatable bonds is 2. The van der Waals surface area contributed by atoms with Crippen molar-refractivity contribution in [1.29, 1.82) is 0 Å². The molecule has 1 unspecified atom stereocenters. The third kappa shape index (κ3) is 1.46. The van der Waals surface area contributed by atoms with Crippen LogP contribution in [0.3, 0.4) is 0 Å². The molecule has 1 aromatic rings. The maximum absolute atomic E-state index is 5.60. The highest BCUT2D eigenvalue weighted by atomic mass is 15.0. The van der Waals surface area contributed by atoms with Gasteiger partial charge in [-0.1, -0.05) is 0 Å². The number of fused-ring (bicyclic) bond motifs is 1. The van der Waals surface area contributed by atoms with Crippen LogP contribution in [0.15, 0.2) is 0 Å². The van der Waals surface area contributed by atoms with Gasteiger partial charge in [0.05, 0.1) is 0 Å². The number of anilines is 1. The molecule has 14 heavy (non-hydrogen) atoms. The predicted octanol–water partition coefficient (Wildman–Crippen LogP) is 0.746. The number of nitrogen functional groups attached to an aromatic ring is 1. The van der Waals surface area contributed by atoms with Gasteiger partial charge in [-0.3, -0.25) is 0 Å². The van der Waals surface area contributed by atoms with E-state index in [0.29, 0.717) is 11.9 Å². The predicted molar refractivity (Wildman–Crippen MR) is 55.9 cm³/mol. The average Bonchev–Trinajstić information content (AvgIpc) is 2.49. The lowest BCUT2D eigenvalue weighted by atomic mass is 9.98. The van der Waals surface area contributed by atoms with Crippen LogP contribution in [0.25, 0.3) is 0 Å². The summed E-state index contributed by atoms with van der Waals surface area (Å²) in [5.41, 5.74) is 14.6. The minimum absolute atomic E-state index is 0.398. The molecular formula is C10H16N4. The molecule has 0 fully saturated rings. The molecule has 1 heterocycles. The lowest BCUT2D eigenvalue weighted by Crippen LogP contribution is -2.08. The molecule has 4 heteroatoms. The second-order valence-electron chi connectivity index (χ2n) is 3.84. The third-order valence-electron chi connectivity index (χ3n) is 2.89. The molecule has 0 spiro atoms. The van der Waals surface area contributed by atoms with E-state index in [-0.39, 0.29) is 0 Å². The van der Waals surface area contributed by atoms with Gasteiger partial charge in [-0.15, -0.1) is 0 Å². The first-order valence-corrected chi connectivity index (χ1v) is 5.05. The first-order valence-electron chi connectivity index (χ1n) is 5.05. The fourth-order valence-electron chi connectivity index (χ4n) is 2.33. The van der Waals surface area contributed by atoms with Gasteiger partial charge >= 0.3 is 0 Å². The second-order valence-corrected chi connectivity index (χ2v) is 3.84. The molecule has 1 atom stereocenters. The van der Waals surface area contributed by atoms with Crippen LogP contribution in [0, 0.1) is 6.92 Å². The lowest BCUT2D eigenvalue weighted by molar-refractivity contribution is 0.623. The fourth-order valence-corrected chi connectivity index (χ4v) is 2.33. The van der Waals surface area contributed by atoms with Crippen LogP contribution >= 0.6 is 0 Å². The van der Waals surface area contributed by atoms with E-state index in [2.05, 4.69) is 9.97 Å². The highest BCUT2D eigenvalue weighted by Gasteiger charge is 2.25.